The Morgan fingerprint density at radius 3 is 2.42 bits per heavy atom. The van der Waals surface area contributed by atoms with E-state index in [1.165, 1.54) is 12.1 Å². The lowest BCUT2D eigenvalue weighted by Crippen LogP contribution is -2.44. The van der Waals surface area contributed by atoms with Gasteiger partial charge in [-0.1, -0.05) is 6.07 Å². The Morgan fingerprint density at radius 1 is 1.26 bits per heavy atom. The Morgan fingerprint density at radius 2 is 1.89 bits per heavy atom. The molecule has 1 unspecified atom stereocenters. The second-order valence-corrected chi connectivity index (χ2v) is 6.91. The molecule has 0 aliphatic carbocycles. The summed E-state index contributed by atoms with van der Waals surface area (Å²) in [5.74, 6) is -1.19. The van der Waals surface area contributed by atoms with Gasteiger partial charge in [-0.3, -0.25) is 4.90 Å². The Kier molecular flexibility index (Phi) is 4.17. The number of hydrogen-bond acceptors (Lipinski definition) is 4. The molecule has 106 valence electrons. The normalized spacial score (nSPS) is 21.2. The van der Waals surface area contributed by atoms with Crippen molar-refractivity contribution in [1.82, 2.24) is 4.90 Å². The number of sulfone groups is 1. The van der Waals surface area contributed by atoms with Crippen LogP contribution in [0.2, 0.25) is 0 Å². The van der Waals surface area contributed by atoms with Crippen molar-refractivity contribution in [1.29, 1.82) is 0 Å². The molecule has 1 saturated heterocycles. The molecule has 1 heterocycles. The van der Waals surface area contributed by atoms with Crippen LogP contribution in [-0.2, 0) is 9.84 Å². The lowest BCUT2D eigenvalue weighted by atomic mass is 10.0. The molecule has 7 heteroatoms. The minimum absolute atomic E-state index is 0.0479. The van der Waals surface area contributed by atoms with Gasteiger partial charge in [-0.2, -0.15) is 0 Å². The van der Waals surface area contributed by atoms with Crippen molar-refractivity contribution in [3.63, 3.8) is 0 Å². The first-order chi connectivity index (χ1) is 8.93. The first-order valence-corrected chi connectivity index (χ1v) is 7.84. The van der Waals surface area contributed by atoms with Gasteiger partial charge in [0.15, 0.2) is 9.84 Å². The maximum absolute atomic E-state index is 13.8. The third-order valence-electron chi connectivity index (χ3n) is 3.36. The standard InChI is InChI=1S/C12H16F2N2O2S/c13-9-1-2-10(11(14)7-9)12(8-15)16-3-5-19(17,18)6-4-16/h1-2,7,12H,3-6,8,15H2. The molecule has 19 heavy (non-hydrogen) atoms. The molecular formula is C12H16F2N2O2S. The van der Waals surface area contributed by atoms with E-state index >= 15 is 0 Å². The van der Waals surface area contributed by atoms with Gasteiger partial charge in [-0.05, 0) is 6.07 Å². The summed E-state index contributed by atoms with van der Waals surface area (Å²) < 4.78 is 49.4. The Balaban J connectivity index is 2.21. The van der Waals surface area contributed by atoms with Gasteiger partial charge in [0.05, 0.1) is 11.5 Å². The van der Waals surface area contributed by atoms with Crippen molar-refractivity contribution < 1.29 is 17.2 Å². The highest BCUT2D eigenvalue weighted by Crippen LogP contribution is 2.24. The molecule has 1 fully saturated rings. The monoisotopic (exact) mass is 290 g/mol. The molecule has 4 nitrogen and oxygen atoms in total. The highest BCUT2D eigenvalue weighted by molar-refractivity contribution is 7.91. The van der Waals surface area contributed by atoms with Gasteiger partial charge in [-0.25, -0.2) is 17.2 Å². The molecule has 0 radical (unpaired) electrons. The maximum Gasteiger partial charge on any atom is 0.152 e. The highest BCUT2D eigenvalue weighted by atomic mass is 32.2. The molecule has 0 spiro atoms. The lowest BCUT2D eigenvalue weighted by Gasteiger charge is -2.34. The summed E-state index contributed by atoms with van der Waals surface area (Å²) in [6.07, 6.45) is 0. The van der Waals surface area contributed by atoms with Crippen molar-refractivity contribution >= 4 is 9.84 Å². The summed E-state index contributed by atoms with van der Waals surface area (Å²) in [5.41, 5.74) is 5.97. The summed E-state index contributed by atoms with van der Waals surface area (Å²) in [7, 11) is -2.99. The Labute approximate surface area is 111 Å². The average Bonchev–Trinajstić information content (AvgIpc) is 2.34. The van der Waals surface area contributed by atoms with Crippen LogP contribution in [0, 0.1) is 11.6 Å². The molecule has 1 aliphatic heterocycles. The second-order valence-electron chi connectivity index (χ2n) is 4.61. The minimum Gasteiger partial charge on any atom is -0.329 e. The molecule has 1 aromatic rings. The van der Waals surface area contributed by atoms with Crippen LogP contribution in [0.4, 0.5) is 8.78 Å². The summed E-state index contributed by atoms with van der Waals surface area (Å²) in [5, 5.41) is 0. The van der Waals surface area contributed by atoms with E-state index in [9.17, 15) is 17.2 Å². The summed E-state index contributed by atoms with van der Waals surface area (Å²) in [6, 6.07) is 2.95. The fourth-order valence-corrected chi connectivity index (χ4v) is 3.51. The SMILES string of the molecule is NCC(c1ccc(F)cc1F)N1CCS(=O)(=O)CC1. The number of nitrogens with two attached hydrogens (primary N) is 1. The van der Waals surface area contributed by atoms with Crippen LogP contribution in [0.25, 0.3) is 0 Å². The van der Waals surface area contributed by atoms with E-state index in [2.05, 4.69) is 0 Å². The van der Waals surface area contributed by atoms with Crippen molar-refractivity contribution in [3.8, 4) is 0 Å². The van der Waals surface area contributed by atoms with Gasteiger partial charge >= 0.3 is 0 Å². The predicted molar refractivity (Wildman–Crippen MR) is 68.4 cm³/mol. The number of benzene rings is 1. The zero-order valence-corrected chi connectivity index (χ0v) is 11.2. The zero-order valence-electron chi connectivity index (χ0n) is 10.4. The van der Waals surface area contributed by atoms with E-state index in [0.717, 1.165) is 6.07 Å². The topological polar surface area (TPSA) is 63.4 Å². The predicted octanol–water partition coefficient (Wildman–Crippen LogP) is 0.695. The van der Waals surface area contributed by atoms with E-state index in [0.29, 0.717) is 18.7 Å². The smallest absolute Gasteiger partial charge is 0.152 e. The van der Waals surface area contributed by atoms with E-state index in [1.807, 2.05) is 4.90 Å². The second kappa shape index (κ2) is 5.52. The van der Waals surface area contributed by atoms with Gasteiger partial charge in [0.1, 0.15) is 11.6 Å². The molecule has 0 aromatic heterocycles. The maximum atomic E-state index is 13.8. The molecule has 1 aromatic carbocycles. The lowest BCUT2D eigenvalue weighted by molar-refractivity contribution is 0.214. The van der Waals surface area contributed by atoms with Crippen LogP contribution in [0.1, 0.15) is 11.6 Å². The van der Waals surface area contributed by atoms with Gasteiger partial charge in [-0.15, -0.1) is 0 Å². The Hall–Kier alpha value is -1.05. The van der Waals surface area contributed by atoms with E-state index in [1.54, 1.807) is 0 Å². The molecule has 1 atom stereocenters. The van der Waals surface area contributed by atoms with Crippen LogP contribution >= 0.6 is 0 Å². The van der Waals surface area contributed by atoms with Crippen LogP contribution in [0.5, 0.6) is 0 Å². The molecule has 2 N–H and O–H groups in total. The summed E-state index contributed by atoms with van der Waals surface area (Å²) in [4.78, 5) is 1.83. The van der Waals surface area contributed by atoms with Crippen LogP contribution in [0.15, 0.2) is 18.2 Å². The average molecular weight is 290 g/mol. The Bertz CT molecular complexity index is 549. The fourth-order valence-electron chi connectivity index (χ4n) is 2.28. The summed E-state index contributed by atoms with van der Waals surface area (Å²) in [6.45, 7) is 0.796. The van der Waals surface area contributed by atoms with Crippen molar-refractivity contribution in [2.24, 2.45) is 5.73 Å². The minimum atomic E-state index is -2.99. The van der Waals surface area contributed by atoms with Gasteiger partial charge < -0.3 is 5.73 Å². The summed E-state index contributed by atoms with van der Waals surface area (Å²) >= 11 is 0. The first-order valence-electron chi connectivity index (χ1n) is 6.02. The number of nitrogens with zero attached hydrogens (tertiary/aromatic N) is 1. The number of halogens is 2. The third kappa shape index (κ3) is 3.29. The van der Waals surface area contributed by atoms with Gasteiger partial charge in [0.25, 0.3) is 0 Å². The van der Waals surface area contributed by atoms with Crippen molar-refractivity contribution in [2.45, 2.75) is 6.04 Å². The molecule has 2 rings (SSSR count). The van der Waals surface area contributed by atoms with E-state index in [-0.39, 0.29) is 18.1 Å². The van der Waals surface area contributed by atoms with Crippen LogP contribution in [-0.4, -0.2) is 44.5 Å². The largest absolute Gasteiger partial charge is 0.329 e. The van der Waals surface area contributed by atoms with Crippen molar-refractivity contribution in [2.75, 3.05) is 31.1 Å². The molecule has 0 bridgehead atoms. The zero-order chi connectivity index (χ0) is 14.0. The van der Waals surface area contributed by atoms with Gasteiger partial charge in [0, 0.05) is 37.3 Å². The number of rotatable bonds is 3. The third-order valence-corrected chi connectivity index (χ3v) is 4.97. The van der Waals surface area contributed by atoms with E-state index in [4.69, 9.17) is 5.73 Å². The number of hydrogen-bond donors (Lipinski definition) is 1. The molecule has 0 saturated carbocycles. The van der Waals surface area contributed by atoms with Gasteiger partial charge in [0.2, 0.25) is 0 Å². The van der Waals surface area contributed by atoms with Crippen molar-refractivity contribution in [3.05, 3.63) is 35.4 Å². The first kappa shape index (κ1) is 14.4. The quantitative estimate of drug-likeness (QED) is 0.890. The van der Waals surface area contributed by atoms with Crippen LogP contribution < -0.4 is 5.73 Å². The fraction of sp³-hybridized carbons (Fsp3) is 0.500. The van der Waals surface area contributed by atoms with E-state index < -0.39 is 27.5 Å². The molecule has 0 amide bonds. The highest BCUT2D eigenvalue weighted by Gasteiger charge is 2.28. The molecular weight excluding hydrogens is 274 g/mol. The molecule has 1 aliphatic rings. The van der Waals surface area contributed by atoms with Crippen LogP contribution in [0.3, 0.4) is 0 Å².